The summed E-state index contributed by atoms with van der Waals surface area (Å²) in [6.45, 7) is 2.00. The van der Waals surface area contributed by atoms with E-state index in [0.29, 0.717) is 44.3 Å². The van der Waals surface area contributed by atoms with Crippen LogP contribution >= 0.6 is 34.8 Å². The zero-order chi connectivity index (χ0) is 35.5. The molecule has 1 fully saturated rings. The number of nitro benzene ring substituents is 2. The number of aromatic nitrogens is 6. The third kappa shape index (κ3) is 10.2. The van der Waals surface area contributed by atoms with Crippen LogP contribution in [0.15, 0.2) is 77.9 Å². The summed E-state index contributed by atoms with van der Waals surface area (Å²) in [4.78, 5) is 55.4. The molecule has 0 aliphatic carbocycles. The van der Waals surface area contributed by atoms with Gasteiger partial charge in [-0.15, -0.1) is 0 Å². The van der Waals surface area contributed by atoms with Gasteiger partial charge in [0, 0.05) is 66.4 Å². The maximum atomic E-state index is 11.8. The van der Waals surface area contributed by atoms with Crippen LogP contribution in [0.4, 0.5) is 11.4 Å². The third-order valence-corrected chi connectivity index (χ3v) is 7.26. The first-order chi connectivity index (χ1) is 23.6. The third-order valence-electron chi connectivity index (χ3n) is 6.62. The number of benzene rings is 2. The Kier molecular flexibility index (Phi) is 15.5. The first-order valence-electron chi connectivity index (χ1n) is 13.9. The largest absolute Gasteiger partial charge is 1.00 e. The van der Waals surface area contributed by atoms with E-state index in [0.717, 1.165) is 13.2 Å². The van der Waals surface area contributed by atoms with Gasteiger partial charge in [0.05, 0.1) is 26.6 Å². The molecule has 1 saturated heterocycles. The van der Waals surface area contributed by atoms with Gasteiger partial charge in [-0.3, -0.25) is 40.0 Å². The zero-order valence-electron chi connectivity index (χ0n) is 25.9. The zero-order valence-corrected chi connectivity index (χ0v) is 30.2. The molecule has 1 aliphatic heterocycles. The molecule has 0 bridgehead atoms. The standard InChI is InChI=1S/C13H6Cl2N4O2.C13H7ClN4O3.C4H8O.H2NO.Na/c14-12-9-4-5-16-10(11(9)17-13(15)18-12)7-2-1-3-8(6-7)19(20)21;14-13-16-11-9(12(19)17-13)4-5-15-10(11)7-2-1-3-8(6-7)18(20)21;1-2-4-5-3-1;1-2;/h1-6H;1-6H,(H,16,17,19);1-4H2;1-2H;/q;;;-1;+1. The predicted octanol–water partition coefficient (Wildman–Crippen LogP) is 4.68. The van der Waals surface area contributed by atoms with Crippen LogP contribution in [0.5, 0.6) is 0 Å². The molecule has 5 heterocycles. The molecule has 7 rings (SSSR count). The van der Waals surface area contributed by atoms with Crippen LogP contribution < -0.4 is 35.1 Å². The van der Waals surface area contributed by atoms with Crippen LogP contribution in [0.25, 0.3) is 50.2 Å². The number of H-pyrrole nitrogens is 1. The van der Waals surface area contributed by atoms with Gasteiger partial charge >= 0.3 is 29.6 Å². The van der Waals surface area contributed by atoms with E-state index in [9.17, 15) is 25.0 Å². The van der Waals surface area contributed by atoms with Crippen LogP contribution in [0.2, 0.25) is 15.7 Å². The molecule has 0 spiro atoms. The Labute approximate surface area is 319 Å². The molecule has 4 aromatic heterocycles. The fourth-order valence-corrected chi connectivity index (χ4v) is 5.11. The monoisotopic (exact) mass is 749 g/mol. The number of hydrogen-bond donors (Lipinski definition) is 2. The Hall–Kier alpha value is -4.23. The average molecular weight is 751 g/mol. The summed E-state index contributed by atoms with van der Waals surface area (Å²) in [6.07, 6.45) is 5.54. The fraction of sp³-hybridized carbons (Fsp3) is 0.133. The van der Waals surface area contributed by atoms with Crippen LogP contribution in [-0.2, 0) is 4.74 Å². The van der Waals surface area contributed by atoms with Crippen molar-refractivity contribution >= 4 is 68.0 Å². The van der Waals surface area contributed by atoms with E-state index in [1.807, 2.05) is 0 Å². The van der Waals surface area contributed by atoms with Gasteiger partial charge in [-0.25, -0.2) is 15.0 Å². The van der Waals surface area contributed by atoms with Crippen molar-refractivity contribution in [2.45, 2.75) is 12.8 Å². The van der Waals surface area contributed by atoms with E-state index < -0.39 is 9.85 Å². The van der Waals surface area contributed by atoms with Crippen LogP contribution in [0.1, 0.15) is 12.8 Å². The van der Waals surface area contributed by atoms with Gasteiger partial charge in [0.25, 0.3) is 16.9 Å². The molecule has 0 unspecified atom stereocenters. The number of fused-ring (bicyclic) bond motifs is 2. The smallest absolute Gasteiger partial charge is 0.553 e. The van der Waals surface area contributed by atoms with Crippen molar-refractivity contribution in [2.24, 2.45) is 0 Å². The Morgan fingerprint density at radius 1 is 0.760 bits per heavy atom. The minimum absolute atomic E-state index is 0. The number of ether oxygens (including phenoxy) is 1. The van der Waals surface area contributed by atoms with Gasteiger partial charge in [0.2, 0.25) is 10.6 Å². The molecule has 2 aromatic carbocycles. The van der Waals surface area contributed by atoms with Crippen molar-refractivity contribution in [2.75, 3.05) is 13.2 Å². The Balaban J connectivity index is 0.000000223. The Morgan fingerprint density at radius 3 is 1.74 bits per heavy atom. The van der Waals surface area contributed by atoms with Gasteiger partial charge in [-0.2, -0.15) is 0 Å². The Bertz CT molecular complexity index is 2180. The van der Waals surface area contributed by atoms with Crippen molar-refractivity contribution in [1.82, 2.24) is 29.9 Å². The number of nitrogens with zero attached hydrogens (tertiary/aromatic N) is 7. The van der Waals surface area contributed by atoms with Gasteiger partial charge < -0.3 is 15.8 Å². The predicted molar refractivity (Wildman–Crippen MR) is 183 cm³/mol. The maximum Gasteiger partial charge on any atom is 1.00 e. The molecule has 0 saturated carbocycles. The first kappa shape index (κ1) is 40.2. The van der Waals surface area contributed by atoms with Crippen molar-refractivity contribution in [3.05, 3.63) is 125 Å². The van der Waals surface area contributed by atoms with Crippen LogP contribution in [0.3, 0.4) is 0 Å². The molecule has 0 radical (unpaired) electrons. The summed E-state index contributed by atoms with van der Waals surface area (Å²) in [6, 6.07) is 15.2. The van der Waals surface area contributed by atoms with Gasteiger partial charge in [-0.1, -0.05) is 35.9 Å². The molecule has 6 aromatic rings. The second-order valence-corrected chi connectivity index (χ2v) is 10.7. The second-order valence-electron chi connectivity index (χ2n) is 9.69. The van der Waals surface area contributed by atoms with E-state index >= 15 is 0 Å². The number of hydrogen-bond acceptors (Lipinski definition) is 12. The number of pyridine rings is 2. The van der Waals surface area contributed by atoms with Crippen LogP contribution in [0, 0.1) is 20.2 Å². The van der Waals surface area contributed by atoms with Crippen molar-refractivity contribution in [3.8, 4) is 22.5 Å². The minimum atomic E-state index is -0.498. The number of nitro groups is 2. The molecule has 16 nitrogen and oxygen atoms in total. The van der Waals surface area contributed by atoms with E-state index in [1.54, 1.807) is 36.5 Å². The molecule has 50 heavy (non-hydrogen) atoms. The topological polar surface area (TPSA) is 237 Å². The van der Waals surface area contributed by atoms with Gasteiger partial charge in [0.15, 0.2) is 0 Å². The molecule has 252 valence electrons. The van der Waals surface area contributed by atoms with Gasteiger partial charge in [-0.05, 0) is 48.2 Å². The summed E-state index contributed by atoms with van der Waals surface area (Å²) >= 11 is 17.6. The number of rotatable bonds is 4. The number of nitrogens with one attached hydrogen (secondary N) is 2. The number of halogens is 3. The summed E-state index contributed by atoms with van der Waals surface area (Å²) in [5, 5.41) is 29.0. The van der Waals surface area contributed by atoms with E-state index in [4.69, 9.17) is 50.6 Å². The quantitative estimate of drug-likeness (QED) is 0.0821. The van der Waals surface area contributed by atoms with E-state index in [1.165, 1.54) is 49.4 Å². The van der Waals surface area contributed by atoms with Crippen LogP contribution in [-0.4, -0.2) is 58.2 Å². The molecular weight excluding hydrogens is 728 g/mol. The molecule has 0 amide bonds. The van der Waals surface area contributed by atoms with E-state index in [2.05, 4.69) is 29.9 Å². The minimum Gasteiger partial charge on any atom is -0.553 e. The molecule has 20 heteroatoms. The fourth-order valence-electron chi connectivity index (χ4n) is 4.50. The molecule has 1 aliphatic rings. The summed E-state index contributed by atoms with van der Waals surface area (Å²) in [5.74, 6) is 4.75. The maximum absolute atomic E-state index is 11.8. The van der Waals surface area contributed by atoms with E-state index in [-0.39, 0.29) is 62.2 Å². The van der Waals surface area contributed by atoms with Gasteiger partial charge in [0.1, 0.15) is 16.2 Å². The van der Waals surface area contributed by atoms with Crippen molar-refractivity contribution < 1.29 is 49.3 Å². The molecule has 3 N–H and O–H groups in total. The second kappa shape index (κ2) is 19.2. The Morgan fingerprint density at radius 2 is 1.26 bits per heavy atom. The summed E-state index contributed by atoms with van der Waals surface area (Å²) in [5.41, 5.74) is 2.13. The summed E-state index contributed by atoms with van der Waals surface area (Å²) < 4.78 is 4.94. The first-order valence-corrected chi connectivity index (χ1v) is 15.1. The van der Waals surface area contributed by atoms with Crippen molar-refractivity contribution in [3.63, 3.8) is 0 Å². The SMILES string of the molecule is C1CCOC1.O=[N+]([O-])c1cccc(-c2nccc3c(Cl)nc(Cl)nc23)c1.O=c1[nH]c(Cl)nc2c(-c3cccc([N+](=O)[O-])c3)nccc12.[NH-]O.[Na+]. The summed E-state index contributed by atoms with van der Waals surface area (Å²) in [7, 11) is 0. The molecular formula is C30H23Cl3N9NaO7. The number of non-ortho nitro benzene ring substituents is 2. The van der Waals surface area contributed by atoms with Crippen molar-refractivity contribution in [1.29, 1.82) is 0 Å². The normalized spacial score (nSPS) is 11.5. The molecule has 0 atom stereocenters. The average Bonchev–Trinajstić information content (AvgIpc) is 3.70. The number of aromatic amines is 1.